The average Bonchev–Trinajstić information content (AvgIpc) is 1.31. The van der Waals surface area contributed by atoms with E-state index in [1.807, 2.05) is 80.6 Å². The summed E-state index contributed by atoms with van der Waals surface area (Å²) >= 11 is 25.4. The van der Waals surface area contributed by atoms with Crippen LogP contribution in [0.1, 0.15) is 120 Å². The van der Waals surface area contributed by atoms with E-state index in [0.717, 1.165) is 21.4 Å². The first-order valence-corrected chi connectivity index (χ1v) is 51.3. The van der Waals surface area contributed by atoms with Crippen molar-refractivity contribution >= 4 is 182 Å². The molecular weight excluding hydrogens is 2120 g/mol. The number of morpholine rings is 4. The number of carbonyl (C=O) groups is 8. The number of hydrogen-bond acceptors (Lipinski definition) is 39. The molecule has 4 aromatic heterocycles. The zero-order chi connectivity index (χ0) is 103. The molecule has 0 saturated carbocycles. The predicted molar refractivity (Wildman–Crippen MR) is 540 cm³/mol. The van der Waals surface area contributed by atoms with E-state index in [1.165, 1.54) is 116 Å². The number of esters is 6. The number of fused-ring (bicyclic) bond motifs is 1. The van der Waals surface area contributed by atoms with Gasteiger partial charge in [-0.25, -0.2) is 52.3 Å². The number of dihydropyridines is 1. The van der Waals surface area contributed by atoms with Crippen molar-refractivity contribution in [3.8, 4) is 0 Å². The highest BCUT2D eigenvalue weighted by molar-refractivity contribution is 9.10. The quantitative estimate of drug-likeness (QED) is 0.0192. The summed E-state index contributed by atoms with van der Waals surface area (Å²) in [6.45, 7) is 16.5. The molecule has 0 bridgehead atoms. The fourth-order valence-electron chi connectivity index (χ4n) is 17.0. The first-order chi connectivity index (χ1) is 69.5. The first kappa shape index (κ1) is 109. The molecule has 0 amide bonds. The second-order valence-electron chi connectivity index (χ2n) is 33.5. The molecule has 0 spiro atoms. The number of halogens is 7. The third-order valence-electron chi connectivity index (χ3n) is 23.8. The Morgan fingerprint density at radius 1 is 0.528 bits per heavy atom. The molecule has 35 nitrogen and oxygen atoms in total. The summed E-state index contributed by atoms with van der Waals surface area (Å²) in [7, 11) is 3.97. The number of ether oxygens (including phenoxy) is 11. The van der Waals surface area contributed by atoms with Gasteiger partial charge in [0.15, 0.2) is 38.8 Å². The molecule has 8 aliphatic heterocycles. The largest absolute Gasteiger partial charge is 0.468 e. The van der Waals surface area contributed by atoms with Gasteiger partial charge in [-0.3, -0.25) is 58.7 Å². The van der Waals surface area contributed by atoms with E-state index >= 15 is 0 Å². The van der Waals surface area contributed by atoms with Crippen LogP contribution in [0.4, 0.5) is 13.2 Å². The van der Waals surface area contributed by atoms with Crippen molar-refractivity contribution in [1.82, 2.24) is 55.5 Å². The highest BCUT2D eigenvalue weighted by Gasteiger charge is 2.45. The number of Topliss-reactive ketones (excluding diaryl/α,β-unsaturated/α-hetero) is 1. The Hall–Kier alpha value is -11.2. The number of amidine groups is 3. The Balaban J connectivity index is 0.000000152. The molecule has 4 N–H and O–H groups in total. The minimum Gasteiger partial charge on any atom is -0.468 e. The molecule has 12 heterocycles. The minimum absolute atomic E-state index is 0.0108. The molecule has 4 fully saturated rings. The van der Waals surface area contributed by atoms with Crippen molar-refractivity contribution in [3.63, 3.8) is 0 Å². The van der Waals surface area contributed by atoms with Gasteiger partial charge < -0.3 is 73.2 Å². The van der Waals surface area contributed by atoms with E-state index in [-0.39, 0.29) is 94.4 Å². The maximum absolute atomic E-state index is 14.0. The minimum atomic E-state index is -0.880. The standard InChI is InChI=1S/C28H27BrFN3O5S.C25H28BrFN4O5S.C23H24ClFN4O5S.C22H23ClN4O5S/c1-15(35)23-14-38-8-7-33(23)12-17-10-22(27-32-21-6-3-16(13-34)9-24(21)39-27)31-26(25(17)28(36)37-2)19-5-4-18(30)11-20(19)29;1-5-35-24(33)19-17(11-31-13-25(2,3)36-12-18(31)23(32)34-4)29-21(22-28-8-9-37-22)30-20(19)15-7-6-14(27)10-16(15)26;1-3-34-23(31)18-16(11-29-7-8-33-12-17(29)22(30)32-2)27-20(21-26-6-9-35-21)28-19(18)14-5-4-13(25)10-15(14)24;1-2-31-22(29)18-16(11-27-8-9-30-12-17(27)32-13-28)25-20(21-24-7-10-33-21)26-19(18)14-5-3-4-6-15(14)23/h3-6,9,11,23,26,34H,7-8,10,12-14H2,1-2H3;6-10,18,20H,5,11-13H2,1-4H3,(H,29,30);4-6,9-10,17,19H,3,7-8,11-12H2,1-2H3,(H,27,28);3-7,10,13,17,19H,2,8-9,11-12H2,1H3,(H,25,26)/t;18-,20?;17-,19?;/m.00./s1. The van der Waals surface area contributed by atoms with Crippen LogP contribution in [0, 0.1) is 17.5 Å². The maximum atomic E-state index is 14.0. The lowest BCUT2D eigenvalue weighted by atomic mass is 9.88. The van der Waals surface area contributed by atoms with Crippen molar-refractivity contribution in [1.29, 1.82) is 0 Å². The van der Waals surface area contributed by atoms with E-state index in [9.17, 15) is 56.6 Å². The summed E-state index contributed by atoms with van der Waals surface area (Å²) < 4.78 is 103. The van der Waals surface area contributed by atoms with Crippen LogP contribution >= 0.6 is 100 Å². The molecule has 144 heavy (non-hydrogen) atoms. The maximum Gasteiger partial charge on any atom is 0.338 e. The molecular formula is C98H102Br2Cl2F3N15O20S4. The van der Waals surface area contributed by atoms with Crippen LogP contribution in [-0.4, -0.2) is 286 Å². The molecule has 9 aromatic rings. The Morgan fingerprint density at radius 2 is 0.986 bits per heavy atom. The van der Waals surface area contributed by atoms with E-state index < -0.39 is 107 Å². The zero-order valence-corrected chi connectivity index (χ0v) is 87.3. The van der Waals surface area contributed by atoms with Crippen LogP contribution in [0.25, 0.3) is 10.2 Å². The number of carbonyl (C=O) groups excluding carboxylic acids is 8. The number of methoxy groups -OCH3 is 3. The number of thiazole rings is 4. The molecule has 8 aliphatic rings. The van der Waals surface area contributed by atoms with Crippen LogP contribution in [-0.2, 0) is 97.1 Å². The molecule has 6 unspecified atom stereocenters. The first-order valence-electron chi connectivity index (χ1n) is 45.5. The predicted octanol–water partition coefficient (Wildman–Crippen LogP) is 13.2. The highest BCUT2D eigenvalue weighted by Crippen LogP contribution is 2.45. The van der Waals surface area contributed by atoms with Crippen molar-refractivity contribution in [2.45, 2.75) is 109 Å². The lowest BCUT2D eigenvalue weighted by molar-refractivity contribution is -0.164. The molecule has 8 atom stereocenters. The van der Waals surface area contributed by atoms with Gasteiger partial charge in [-0.2, -0.15) is 0 Å². The van der Waals surface area contributed by atoms with E-state index in [2.05, 4.69) is 62.8 Å². The summed E-state index contributed by atoms with van der Waals surface area (Å²) in [5, 5.41) is 28.0. The highest BCUT2D eigenvalue weighted by atomic mass is 79.9. The van der Waals surface area contributed by atoms with Gasteiger partial charge in [0.25, 0.3) is 6.47 Å². The number of aromatic nitrogens is 4. The Labute approximate surface area is 869 Å². The second-order valence-corrected chi connectivity index (χ2v) is 39.8. The van der Waals surface area contributed by atoms with Gasteiger partial charge in [-0.05, 0) is 118 Å². The van der Waals surface area contributed by atoms with Crippen LogP contribution in [0.15, 0.2) is 206 Å². The van der Waals surface area contributed by atoms with E-state index in [1.54, 1.807) is 62.9 Å². The van der Waals surface area contributed by atoms with Crippen LogP contribution in [0.2, 0.25) is 10.0 Å². The van der Waals surface area contributed by atoms with Gasteiger partial charge in [-0.1, -0.05) is 97.5 Å². The molecule has 4 saturated heterocycles. The molecule has 762 valence electrons. The summed E-state index contributed by atoms with van der Waals surface area (Å²) in [4.78, 5) is 146. The van der Waals surface area contributed by atoms with Crippen LogP contribution in [0.5, 0.6) is 0 Å². The number of rotatable bonds is 29. The number of benzene rings is 5. The zero-order valence-electron chi connectivity index (χ0n) is 79.4. The third kappa shape index (κ3) is 26.4. The monoisotopic (exact) mass is 2220 g/mol. The van der Waals surface area contributed by atoms with E-state index in [0.29, 0.717) is 173 Å². The topological polar surface area (TPSA) is 408 Å². The van der Waals surface area contributed by atoms with Crippen molar-refractivity contribution in [2.75, 3.05) is 140 Å². The number of nitrogens with zero attached hydrogens (tertiary/aromatic N) is 12. The summed E-state index contributed by atoms with van der Waals surface area (Å²) in [6.07, 6.45) is 4.75. The van der Waals surface area contributed by atoms with Crippen LogP contribution in [0.3, 0.4) is 0 Å². The summed E-state index contributed by atoms with van der Waals surface area (Å²) in [5.41, 5.74) is 7.56. The van der Waals surface area contributed by atoms with Gasteiger partial charge >= 0.3 is 35.8 Å². The summed E-state index contributed by atoms with van der Waals surface area (Å²) in [6, 6.07) is 20.4. The number of hydrogen-bond donors (Lipinski definition) is 4. The van der Waals surface area contributed by atoms with Gasteiger partial charge in [-0.15, -0.1) is 45.3 Å². The lowest BCUT2D eigenvalue weighted by Crippen LogP contribution is -2.58. The Morgan fingerprint density at radius 3 is 1.46 bits per heavy atom. The second kappa shape index (κ2) is 50.8. The lowest BCUT2D eigenvalue weighted by Gasteiger charge is -2.43. The van der Waals surface area contributed by atoms with Crippen molar-refractivity contribution in [2.24, 2.45) is 20.0 Å². The Bertz CT molecular complexity index is 6470. The van der Waals surface area contributed by atoms with Gasteiger partial charge in [0, 0.05) is 141 Å². The van der Waals surface area contributed by atoms with Crippen LogP contribution < -0.4 is 16.0 Å². The molecule has 17 rings (SSSR count). The molecule has 5 aromatic carbocycles. The molecule has 0 radical (unpaired) electrons. The van der Waals surface area contributed by atoms with E-state index in [4.69, 9.17) is 100 Å². The number of aliphatic hydroxyl groups excluding tert-OH is 1. The third-order valence-corrected chi connectivity index (χ3v) is 29.2. The summed E-state index contributed by atoms with van der Waals surface area (Å²) in [5.74, 6) is -2.99. The van der Waals surface area contributed by atoms with Gasteiger partial charge in [0.2, 0.25) is 0 Å². The number of aliphatic hydroxyl groups is 1. The fraction of sp³-hybridized carbons (Fsp3) is 0.388. The number of nitrogens with one attached hydrogen (secondary N) is 3. The normalized spacial score (nSPS) is 21.0. The average molecular weight is 2230 g/mol. The van der Waals surface area contributed by atoms with Crippen molar-refractivity contribution in [3.05, 3.63) is 261 Å². The fourth-order valence-corrected chi connectivity index (χ4v) is 21.4. The van der Waals surface area contributed by atoms with Gasteiger partial charge in [0.1, 0.15) is 64.5 Å². The van der Waals surface area contributed by atoms with Crippen molar-refractivity contribution < 1.29 is 109 Å². The molecule has 0 aliphatic carbocycles. The Kier molecular flexibility index (Phi) is 38.3. The SMILES string of the molecule is CCOC(=O)C1=C(CN2CC(C)(C)OC[C@H]2C(=O)OC)NC(c2nccs2)=NC1c1ccc(F)cc1Br.CCOC(=O)C1=C(CN2CCOCC2OC=O)NC(c2nccs2)=NC1c1ccccc1Cl.CCOC(=O)C1=C(CN2CCOC[C@H]2C(=O)OC)NC(c2nccs2)=NC1c1ccc(F)cc1Cl.COC(=O)C1=C(CN2CCOCC2C(C)=O)CC(c2nc3ccc(CO)cc3s2)=NC1c1ccc(F)cc1Br. The number of ketones is 1. The number of aliphatic imine (C=N–C) groups is 4. The van der Waals surface area contributed by atoms with Gasteiger partial charge in [0.05, 0.1) is 144 Å². The smallest absolute Gasteiger partial charge is 0.338 e. The molecule has 46 heteroatoms.